The van der Waals surface area contributed by atoms with Crippen molar-refractivity contribution in [1.82, 2.24) is 15.3 Å². The number of aromatic nitrogens is 2. The summed E-state index contributed by atoms with van der Waals surface area (Å²) in [5, 5.41) is 3.49. The molecule has 3 heterocycles. The Kier molecular flexibility index (Phi) is 5.20. The Labute approximate surface area is 150 Å². The summed E-state index contributed by atoms with van der Waals surface area (Å²) < 4.78 is 11.8. The zero-order chi connectivity index (χ0) is 17.1. The largest absolute Gasteiger partial charge is 0.374 e. The Balaban J connectivity index is 1.66. The van der Waals surface area contributed by atoms with Crippen LogP contribution in [0.5, 0.6) is 0 Å². The lowest BCUT2D eigenvalue weighted by molar-refractivity contribution is -0.0504. The third-order valence-corrected chi connectivity index (χ3v) is 5.71. The van der Waals surface area contributed by atoms with E-state index in [2.05, 4.69) is 10.2 Å². The number of anilines is 1. The first kappa shape index (κ1) is 17.2. The number of nitrogens with one attached hydrogen (secondary N) is 1. The topological polar surface area (TPSA) is 59.5 Å². The molecule has 1 saturated carbocycles. The van der Waals surface area contributed by atoms with E-state index < -0.39 is 0 Å². The standard InChI is InChI=1S/C19H30N4O2/c1-2-24-13-17-21-16-6-10-20-9-5-15(16)18(22-17)23-11-12-25-19(14-23)7-3-4-8-19/h20H,2-14H2,1H3. The average molecular weight is 346 g/mol. The lowest BCUT2D eigenvalue weighted by atomic mass is 9.99. The molecule has 1 spiro atoms. The molecule has 6 heteroatoms. The van der Waals surface area contributed by atoms with Crippen LogP contribution in [-0.4, -0.2) is 55.0 Å². The number of hydrogen-bond donors (Lipinski definition) is 1. The highest BCUT2D eigenvalue weighted by atomic mass is 16.5. The molecule has 25 heavy (non-hydrogen) atoms. The SMILES string of the molecule is CCOCc1nc2c(c(N3CCOC4(CCCC4)C3)n1)CCNCC2. The molecule has 1 aromatic rings. The van der Waals surface area contributed by atoms with Crippen LogP contribution >= 0.6 is 0 Å². The predicted molar refractivity (Wildman–Crippen MR) is 97.0 cm³/mol. The Bertz CT molecular complexity index is 601. The minimum absolute atomic E-state index is 0.0547. The normalized spacial score (nSPS) is 22.8. The number of hydrogen-bond acceptors (Lipinski definition) is 6. The van der Waals surface area contributed by atoms with Crippen molar-refractivity contribution in [2.45, 2.75) is 57.7 Å². The molecule has 0 atom stereocenters. The van der Waals surface area contributed by atoms with Gasteiger partial charge in [0.05, 0.1) is 17.9 Å². The van der Waals surface area contributed by atoms with Crippen LogP contribution in [0.4, 0.5) is 5.82 Å². The molecule has 2 fully saturated rings. The zero-order valence-corrected chi connectivity index (χ0v) is 15.4. The Hall–Kier alpha value is -1.24. The zero-order valence-electron chi connectivity index (χ0n) is 15.4. The highest BCUT2D eigenvalue weighted by Crippen LogP contribution is 2.37. The minimum atomic E-state index is 0.0547. The maximum absolute atomic E-state index is 6.22. The first-order chi connectivity index (χ1) is 12.3. The van der Waals surface area contributed by atoms with Crippen molar-refractivity contribution in [2.75, 3.05) is 44.3 Å². The van der Waals surface area contributed by atoms with E-state index in [1.54, 1.807) is 0 Å². The van der Waals surface area contributed by atoms with Crippen molar-refractivity contribution in [3.05, 3.63) is 17.1 Å². The van der Waals surface area contributed by atoms with Crippen LogP contribution in [-0.2, 0) is 28.9 Å². The van der Waals surface area contributed by atoms with E-state index in [-0.39, 0.29) is 5.60 Å². The van der Waals surface area contributed by atoms with Crippen molar-refractivity contribution in [3.8, 4) is 0 Å². The molecule has 2 aliphatic heterocycles. The number of ether oxygens (including phenoxy) is 2. The fraction of sp³-hybridized carbons (Fsp3) is 0.789. The fourth-order valence-corrected chi connectivity index (χ4v) is 4.44. The average Bonchev–Trinajstić information content (AvgIpc) is 2.94. The summed E-state index contributed by atoms with van der Waals surface area (Å²) in [6.07, 6.45) is 6.92. The number of rotatable bonds is 4. The van der Waals surface area contributed by atoms with Gasteiger partial charge in [-0.3, -0.25) is 0 Å². The van der Waals surface area contributed by atoms with E-state index >= 15 is 0 Å². The maximum atomic E-state index is 6.22. The summed E-state index contributed by atoms with van der Waals surface area (Å²) in [5.74, 6) is 1.96. The fourth-order valence-electron chi connectivity index (χ4n) is 4.44. The van der Waals surface area contributed by atoms with Crippen LogP contribution in [0.3, 0.4) is 0 Å². The number of morpholine rings is 1. The molecule has 138 valence electrons. The van der Waals surface area contributed by atoms with E-state index in [1.165, 1.54) is 36.9 Å². The molecule has 0 amide bonds. The van der Waals surface area contributed by atoms with E-state index in [4.69, 9.17) is 19.4 Å². The van der Waals surface area contributed by atoms with Gasteiger partial charge in [-0.2, -0.15) is 0 Å². The van der Waals surface area contributed by atoms with Gasteiger partial charge in [-0.05, 0) is 32.7 Å². The quantitative estimate of drug-likeness (QED) is 0.898. The molecular weight excluding hydrogens is 316 g/mol. The van der Waals surface area contributed by atoms with Gasteiger partial charge in [0.15, 0.2) is 5.82 Å². The van der Waals surface area contributed by atoms with E-state index in [0.717, 1.165) is 57.3 Å². The third-order valence-electron chi connectivity index (χ3n) is 5.71. The van der Waals surface area contributed by atoms with Crippen LogP contribution in [0, 0.1) is 0 Å². The molecule has 1 aliphatic carbocycles. The van der Waals surface area contributed by atoms with Crippen LogP contribution in [0.15, 0.2) is 0 Å². The first-order valence-electron chi connectivity index (χ1n) is 9.86. The van der Waals surface area contributed by atoms with Crippen LogP contribution in [0.25, 0.3) is 0 Å². The lowest BCUT2D eigenvalue weighted by Gasteiger charge is -2.41. The van der Waals surface area contributed by atoms with Crippen molar-refractivity contribution >= 4 is 5.82 Å². The second-order valence-electron chi connectivity index (χ2n) is 7.44. The molecule has 1 aromatic heterocycles. The van der Waals surface area contributed by atoms with Gasteiger partial charge >= 0.3 is 0 Å². The second-order valence-corrected chi connectivity index (χ2v) is 7.44. The minimum Gasteiger partial charge on any atom is -0.374 e. The molecule has 1 saturated heterocycles. The van der Waals surface area contributed by atoms with Gasteiger partial charge in [0.2, 0.25) is 0 Å². The number of fused-ring (bicyclic) bond motifs is 1. The van der Waals surface area contributed by atoms with Crippen molar-refractivity contribution in [3.63, 3.8) is 0 Å². The molecule has 4 rings (SSSR count). The summed E-state index contributed by atoms with van der Waals surface area (Å²) in [6.45, 7) is 7.90. The van der Waals surface area contributed by atoms with Crippen molar-refractivity contribution < 1.29 is 9.47 Å². The summed E-state index contributed by atoms with van der Waals surface area (Å²) in [6, 6.07) is 0. The molecule has 6 nitrogen and oxygen atoms in total. The molecular formula is C19H30N4O2. The van der Waals surface area contributed by atoms with Crippen LogP contribution in [0.2, 0.25) is 0 Å². The predicted octanol–water partition coefficient (Wildman–Crippen LogP) is 1.85. The van der Waals surface area contributed by atoms with Crippen LogP contribution in [0.1, 0.15) is 49.7 Å². The highest BCUT2D eigenvalue weighted by Gasteiger charge is 2.40. The lowest BCUT2D eigenvalue weighted by Crippen LogP contribution is -2.51. The highest BCUT2D eigenvalue weighted by molar-refractivity contribution is 5.51. The van der Waals surface area contributed by atoms with E-state index in [0.29, 0.717) is 13.2 Å². The maximum Gasteiger partial charge on any atom is 0.156 e. The smallest absolute Gasteiger partial charge is 0.156 e. The second kappa shape index (κ2) is 7.56. The van der Waals surface area contributed by atoms with Gasteiger partial charge in [0.25, 0.3) is 0 Å². The van der Waals surface area contributed by atoms with Gasteiger partial charge < -0.3 is 19.7 Å². The molecule has 0 radical (unpaired) electrons. The summed E-state index contributed by atoms with van der Waals surface area (Å²) >= 11 is 0. The molecule has 0 bridgehead atoms. The summed E-state index contributed by atoms with van der Waals surface area (Å²) in [4.78, 5) is 12.2. The Morgan fingerprint density at radius 3 is 2.88 bits per heavy atom. The van der Waals surface area contributed by atoms with Gasteiger partial charge in [-0.1, -0.05) is 12.8 Å². The summed E-state index contributed by atoms with van der Waals surface area (Å²) in [7, 11) is 0. The van der Waals surface area contributed by atoms with Gasteiger partial charge in [-0.15, -0.1) is 0 Å². The van der Waals surface area contributed by atoms with Gasteiger partial charge in [0.1, 0.15) is 12.4 Å². The van der Waals surface area contributed by atoms with Crippen molar-refractivity contribution in [1.29, 1.82) is 0 Å². The molecule has 0 aromatic carbocycles. The van der Waals surface area contributed by atoms with E-state index in [9.17, 15) is 0 Å². The van der Waals surface area contributed by atoms with Gasteiger partial charge in [-0.25, -0.2) is 9.97 Å². The van der Waals surface area contributed by atoms with Crippen LogP contribution < -0.4 is 10.2 Å². The Morgan fingerprint density at radius 2 is 2.04 bits per heavy atom. The monoisotopic (exact) mass is 346 g/mol. The Morgan fingerprint density at radius 1 is 1.20 bits per heavy atom. The molecule has 0 unspecified atom stereocenters. The molecule has 1 N–H and O–H groups in total. The van der Waals surface area contributed by atoms with Gasteiger partial charge in [0, 0.05) is 38.2 Å². The van der Waals surface area contributed by atoms with Crippen molar-refractivity contribution in [2.24, 2.45) is 0 Å². The number of nitrogens with zero attached hydrogens (tertiary/aromatic N) is 3. The first-order valence-corrected chi connectivity index (χ1v) is 9.86. The summed E-state index contributed by atoms with van der Waals surface area (Å²) in [5.41, 5.74) is 2.59. The molecule has 3 aliphatic rings. The third kappa shape index (κ3) is 3.66. The van der Waals surface area contributed by atoms with E-state index in [1.807, 2.05) is 6.92 Å².